The minimum atomic E-state index is -0.0710. The summed E-state index contributed by atoms with van der Waals surface area (Å²) in [5, 5.41) is 7.81. The number of hydrogen-bond acceptors (Lipinski definition) is 4. The van der Waals surface area contributed by atoms with Crippen LogP contribution in [0.3, 0.4) is 0 Å². The number of aromatic nitrogens is 2. The Hall–Kier alpha value is -2.08. The van der Waals surface area contributed by atoms with E-state index >= 15 is 0 Å². The Balaban J connectivity index is 1.77. The van der Waals surface area contributed by atoms with Crippen molar-refractivity contribution in [2.75, 3.05) is 32.5 Å². The van der Waals surface area contributed by atoms with Crippen LogP contribution in [0.5, 0.6) is 0 Å². The van der Waals surface area contributed by atoms with Crippen LogP contribution in [0.25, 0.3) is 10.9 Å². The van der Waals surface area contributed by atoms with Crippen molar-refractivity contribution in [3.63, 3.8) is 0 Å². The molecule has 6 heteroatoms. The maximum absolute atomic E-state index is 12.6. The first-order valence-corrected chi connectivity index (χ1v) is 7.22. The molecule has 1 aliphatic rings. The number of benzene rings is 1. The van der Waals surface area contributed by atoms with Gasteiger partial charge in [0.25, 0.3) is 5.91 Å². The molecular weight excluding hydrogens is 268 g/mol. The number of hydrogen-bond donors (Lipinski definition) is 2. The maximum atomic E-state index is 12.6. The number of carbonyl (C=O) groups is 1. The van der Waals surface area contributed by atoms with E-state index in [1.54, 1.807) is 17.0 Å². The largest absolute Gasteiger partial charge is 0.399 e. The van der Waals surface area contributed by atoms with Crippen molar-refractivity contribution >= 4 is 22.5 Å². The summed E-state index contributed by atoms with van der Waals surface area (Å²) in [6, 6.07) is 5.42. The lowest BCUT2D eigenvalue weighted by Crippen LogP contribution is -2.34. The van der Waals surface area contributed by atoms with E-state index in [4.69, 9.17) is 10.5 Å². The maximum Gasteiger partial charge on any atom is 0.274 e. The van der Waals surface area contributed by atoms with Crippen LogP contribution in [-0.2, 0) is 4.74 Å². The second-order valence-corrected chi connectivity index (χ2v) is 5.62. The van der Waals surface area contributed by atoms with Crippen LogP contribution in [0, 0.1) is 5.92 Å². The number of anilines is 1. The molecular formula is C15H20N4O2. The molecule has 0 radical (unpaired) electrons. The van der Waals surface area contributed by atoms with Crippen molar-refractivity contribution < 1.29 is 9.53 Å². The third-order valence-electron chi connectivity index (χ3n) is 4.01. The van der Waals surface area contributed by atoms with E-state index in [1.807, 2.05) is 13.1 Å². The fraction of sp³-hybridized carbons (Fsp3) is 0.467. The lowest BCUT2D eigenvalue weighted by Gasteiger charge is -2.26. The zero-order valence-electron chi connectivity index (χ0n) is 12.1. The first-order chi connectivity index (χ1) is 10.1. The van der Waals surface area contributed by atoms with Gasteiger partial charge in [-0.2, -0.15) is 5.10 Å². The van der Waals surface area contributed by atoms with E-state index in [2.05, 4.69) is 10.2 Å². The molecule has 0 spiro atoms. The quantitative estimate of drug-likeness (QED) is 0.841. The van der Waals surface area contributed by atoms with E-state index in [0.717, 1.165) is 43.5 Å². The predicted molar refractivity (Wildman–Crippen MR) is 81.0 cm³/mol. The number of H-pyrrole nitrogens is 1. The smallest absolute Gasteiger partial charge is 0.274 e. The molecule has 1 saturated heterocycles. The molecule has 1 amide bonds. The highest BCUT2D eigenvalue weighted by Crippen LogP contribution is 2.21. The first kappa shape index (κ1) is 13.9. The second kappa shape index (κ2) is 5.73. The number of rotatable bonds is 3. The van der Waals surface area contributed by atoms with E-state index in [1.165, 1.54) is 0 Å². The fourth-order valence-electron chi connectivity index (χ4n) is 2.77. The van der Waals surface area contributed by atoms with Crippen LogP contribution in [0.4, 0.5) is 5.69 Å². The molecule has 2 aromatic rings. The first-order valence-electron chi connectivity index (χ1n) is 7.22. The molecule has 1 aromatic carbocycles. The number of nitrogens with one attached hydrogen (secondary N) is 1. The number of aromatic amines is 1. The van der Waals surface area contributed by atoms with Gasteiger partial charge in [-0.25, -0.2) is 0 Å². The van der Waals surface area contributed by atoms with E-state index in [-0.39, 0.29) is 5.91 Å². The van der Waals surface area contributed by atoms with Crippen LogP contribution in [-0.4, -0.2) is 47.8 Å². The van der Waals surface area contributed by atoms with Crippen LogP contribution in [0.2, 0.25) is 0 Å². The molecule has 0 atom stereocenters. The highest BCUT2D eigenvalue weighted by molar-refractivity contribution is 6.05. The molecule has 2 heterocycles. The highest BCUT2D eigenvalue weighted by Gasteiger charge is 2.22. The molecule has 6 nitrogen and oxygen atoms in total. The van der Waals surface area contributed by atoms with Crippen LogP contribution >= 0.6 is 0 Å². The number of amides is 1. The summed E-state index contributed by atoms with van der Waals surface area (Å²) in [6.45, 7) is 2.31. The summed E-state index contributed by atoms with van der Waals surface area (Å²) in [4.78, 5) is 14.3. The van der Waals surface area contributed by atoms with Crippen molar-refractivity contribution in [2.45, 2.75) is 12.8 Å². The minimum Gasteiger partial charge on any atom is -0.399 e. The van der Waals surface area contributed by atoms with Gasteiger partial charge in [0, 0.05) is 37.9 Å². The Morgan fingerprint density at radius 3 is 3.00 bits per heavy atom. The molecule has 0 unspecified atom stereocenters. The van der Waals surface area contributed by atoms with Gasteiger partial charge in [0.1, 0.15) is 0 Å². The molecule has 0 saturated carbocycles. The average molecular weight is 288 g/mol. The number of nitrogens with two attached hydrogens (primary N) is 1. The van der Waals surface area contributed by atoms with Gasteiger partial charge < -0.3 is 15.4 Å². The van der Waals surface area contributed by atoms with Gasteiger partial charge in [0.05, 0.1) is 5.52 Å². The SMILES string of the molecule is CN(CC1CCOCC1)C(=O)c1n[nH]c2ccc(N)cc12. The Labute approximate surface area is 123 Å². The van der Waals surface area contributed by atoms with Gasteiger partial charge in [0.2, 0.25) is 0 Å². The normalized spacial score (nSPS) is 16.2. The molecule has 1 fully saturated rings. The van der Waals surface area contributed by atoms with Gasteiger partial charge in [-0.15, -0.1) is 0 Å². The molecule has 1 aliphatic heterocycles. The van der Waals surface area contributed by atoms with Gasteiger partial charge in [-0.05, 0) is 37.0 Å². The summed E-state index contributed by atoms with van der Waals surface area (Å²) in [6.07, 6.45) is 2.01. The van der Waals surface area contributed by atoms with Crippen LogP contribution in [0.15, 0.2) is 18.2 Å². The predicted octanol–water partition coefficient (Wildman–Crippen LogP) is 1.64. The minimum absolute atomic E-state index is 0.0710. The molecule has 1 aromatic heterocycles. The van der Waals surface area contributed by atoms with Crippen molar-refractivity contribution in [3.05, 3.63) is 23.9 Å². The topological polar surface area (TPSA) is 84.2 Å². The third kappa shape index (κ3) is 2.85. The summed E-state index contributed by atoms with van der Waals surface area (Å²) in [5.41, 5.74) is 7.69. The van der Waals surface area contributed by atoms with E-state index in [0.29, 0.717) is 17.3 Å². The number of nitrogen functional groups attached to an aromatic ring is 1. The third-order valence-corrected chi connectivity index (χ3v) is 4.01. The van der Waals surface area contributed by atoms with Gasteiger partial charge in [0.15, 0.2) is 5.69 Å². The van der Waals surface area contributed by atoms with Gasteiger partial charge >= 0.3 is 0 Å². The molecule has 3 N–H and O–H groups in total. The fourth-order valence-corrected chi connectivity index (χ4v) is 2.77. The summed E-state index contributed by atoms with van der Waals surface area (Å²) >= 11 is 0. The Morgan fingerprint density at radius 1 is 1.48 bits per heavy atom. The number of nitrogens with zero attached hydrogens (tertiary/aromatic N) is 2. The van der Waals surface area contributed by atoms with Crippen LogP contribution < -0.4 is 5.73 Å². The highest BCUT2D eigenvalue weighted by atomic mass is 16.5. The van der Waals surface area contributed by atoms with E-state index in [9.17, 15) is 4.79 Å². The number of ether oxygens (including phenoxy) is 1. The Kier molecular flexibility index (Phi) is 3.79. The molecule has 112 valence electrons. The Bertz CT molecular complexity index is 646. The summed E-state index contributed by atoms with van der Waals surface area (Å²) in [7, 11) is 1.82. The lowest BCUT2D eigenvalue weighted by molar-refractivity contribution is 0.0496. The summed E-state index contributed by atoms with van der Waals surface area (Å²) in [5.74, 6) is 0.432. The van der Waals surface area contributed by atoms with Crippen molar-refractivity contribution in [2.24, 2.45) is 5.92 Å². The molecule has 3 rings (SSSR count). The monoisotopic (exact) mass is 288 g/mol. The standard InChI is InChI=1S/C15H20N4O2/c1-19(9-10-4-6-21-7-5-10)15(20)14-12-8-11(16)2-3-13(12)17-18-14/h2-3,8,10H,4-7,9,16H2,1H3,(H,17,18). The van der Waals surface area contributed by atoms with Crippen LogP contribution in [0.1, 0.15) is 23.3 Å². The number of fused-ring (bicyclic) bond motifs is 1. The zero-order valence-corrected chi connectivity index (χ0v) is 12.1. The average Bonchev–Trinajstić information content (AvgIpc) is 2.90. The molecule has 21 heavy (non-hydrogen) atoms. The van der Waals surface area contributed by atoms with Crippen molar-refractivity contribution in [1.29, 1.82) is 0 Å². The molecule has 0 bridgehead atoms. The lowest BCUT2D eigenvalue weighted by atomic mass is 10.00. The number of carbonyl (C=O) groups excluding carboxylic acids is 1. The van der Waals surface area contributed by atoms with E-state index < -0.39 is 0 Å². The summed E-state index contributed by atoms with van der Waals surface area (Å²) < 4.78 is 5.35. The second-order valence-electron chi connectivity index (χ2n) is 5.62. The van der Waals surface area contributed by atoms with Gasteiger partial charge in [-0.3, -0.25) is 9.89 Å². The molecule has 0 aliphatic carbocycles. The van der Waals surface area contributed by atoms with Crippen molar-refractivity contribution in [3.8, 4) is 0 Å². The van der Waals surface area contributed by atoms with Crippen molar-refractivity contribution in [1.82, 2.24) is 15.1 Å². The van der Waals surface area contributed by atoms with Gasteiger partial charge in [-0.1, -0.05) is 0 Å². The zero-order chi connectivity index (χ0) is 14.8. The Morgan fingerprint density at radius 2 is 2.24 bits per heavy atom.